The van der Waals surface area contributed by atoms with Crippen LogP contribution in [0.3, 0.4) is 0 Å². The van der Waals surface area contributed by atoms with Gasteiger partial charge in [0.2, 0.25) is 5.97 Å². The van der Waals surface area contributed by atoms with Gasteiger partial charge in [0.1, 0.15) is 0 Å². The monoisotopic (exact) mass is 378 g/mol. The van der Waals surface area contributed by atoms with Gasteiger partial charge in [-0.05, 0) is 0 Å². The smallest absolute Gasteiger partial charge is 0.557 e. The predicted molar refractivity (Wildman–Crippen MR) is 73.3 cm³/mol. The number of carbonyl (C=O) groups is 1. The Morgan fingerprint density at radius 3 is 1.60 bits per heavy atom. The first-order chi connectivity index (χ1) is 8.18. The molecule has 1 aromatic rings. The van der Waals surface area contributed by atoms with Gasteiger partial charge in [0.05, 0.1) is 0 Å². The molecule has 3 nitrogen and oxygen atoms in total. The second kappa shape index (κ2) is 16.8. The van der Waals surface area contributed by atoms with E-state index in [9.17, 15) is 4.79 Å². The zero-order valence-corrected chi connectivity index (χ0v) is 19.3. The van der Waals surface area contributed by atoms with E-state index in [1.54, 1.807) is 0 Å². The molecule has 0 radical (unpaired) electrons. The molecule has 0 unspecified atom stereocenters. The largest absolute Gasteiger partial charge is 2.00 e. The van der Waals surface area contributed by atoms with Crippen molar-refractivity contribution in [1.29, 1.82) is 0 Å². The summed E-state index contributed by atoms with van der Waals surface area (Å²) in [5, 5.41) is 17.2. The number of carboxylic acids is 1. The summed E-state index contributed by atoms with van der Waals surface area (Å²) in [6, 6.07) is 7.30. The SMILES string of the molecule is C[C-](C)C.C[C-](C)C.O=C(O)c1c[c-]c[c-]c1O.[Zn+2].[Zn+2]. The second-order valence-electron chi connectivity index (χ2n) is 4.67. The van der Waals surface area contributed by atoms with Crippen molar-refractivity contribution in [3.63, 3.8) is 0 Å². The van der Waals surface area contributed by atoms with E-state index in [0.29, 0.717) is 0 Å². The molecule has 0 atom stereocenters. The predicted octanol–water partition coefficient (Wildman–Crippen LogP) is 3.93. The molecular formula is C15H22O3Zn2. The van der Waals surface area contributed by atoms with Crippen LogP contribution in [-0.4, -0.2) is 16.2 Å². The Kier molecular flexibility index (Phi) is 23.5. The minimum atomic E-state index is -1.18. The molecule has 0 aliphatic carbocycles. The molecule has 0 aromatic heterocycles. The van der Waals surface area contributed by atoms with Crippen molar-refractivity contribution >= 4 is 5.97 Å². The summed E-state index contributed by atoms with van der Waals surface area (Å²) < 4.78 is 0. The number of hydrogen-bond acceptors (Lipinski definition) is 2. The topological polar surface area (TPSA) is 57.5 Å². The molecule has 0 bridgehead atoms. The maximum Gasteiger partial charge on any atom is 2.00 e. The first kappa shape index (κ1) is 28.0. The van der Waals surface area contributed by atoms with E-state index in [4.69, 9.17) is 10.2 Å². The molecule has 0 heterocycles. The van der Waals surface area contributed by atoms with E-state index >= 15 is 0 Å². The third-order valence-corrected chi connectivity index (χ3v) is 1.01. The molecule has 2 N–H and O–H groups in total. The van der Waals surface area contributed by atoms with Crippen molar-refractivity contribution in [1.82, 2.24) is 0 Å². The number of benzene rings is 1. The molecule has 5 heteroatoms. The number of hydrogen-bond donors (Lipinski definition) is 2. The third kappa shape index (κ3) is 22.9. The molecule has 1 aromatic carbocycles. The van der Waals surface area contributed by atoms with Crippen LogP contribution >= 0.6 is 0 Å². The van der Waals surface area contributed by atoms with Crippen LogP contribution in [0.25, 0.3) is 0 Å². The Morgan fingerprint density at radius 1 is 1.05 bits per heavy atom. The van der Waals surface area contributed by atoms with Crippen LogP contribution < -0.4 is 0 Å². The quantitative estimate of drug-likeness (QED) is 0.573. The molecular weight excluding hydrogens is 359 g/mol. The Hall–Kier alpha value is -0.263. The van der Waals surface area contributed by atoms with E-state index in [2.05, 4.69) is 53.7 Å². The van der Waals surface area contributed by atoms with Crippen LogP contribution in [0.2, 0.25) is 0 Å². The van der Waals surface area contributed by atoms with Gasteiger partial charge in [-0.25, -0.2) is 0 Å². The third-order valence-electron chi connectivity index (χ3n) is 1.01. The van der Waals surface area contributed by atoms with Crippen molar-refractivity contribution in [3.05, 3.63) is 41.7 Å². The van der Waals surface area contributed by atoms with Crippen molar-refractivity contribution in [2.24, 2.45) is 0 Å². The molecule has 1 rings (SSSR count). The number of aromatic hydroxyl groups is 1. The van der Waals surface area contributed by atoms with Gasteiger partial charge in [-0.3, -0.25) is 10.9 Å². The van der Waals surface area contributed by atoms with Gasteiger partial charge in [0, 0.05) is 0 Å². The van der Waals surface area contributed by atoms with Crippen LogP contribution in [0.15, 0.2) is 12.1 Å². The first-order valence-corrected chi connectivity index (χ1v) is 5.56. The zero-order chi connectivity index (χ0) is 14.7. The average molecular weight is 381 g/mol. The van der Waals surface area contributed by atoms with Gasteiger partial charge >= 0.3 is 39.0 Å². The van der Waals surface area contributed by atoms with Crippen LogP contribution in [0.1, 0.15) is 51.9 Å². The number of carboxylic acid groups (broad SMARTS) is 1. The summed E-state index contributed by atoms with van der Waals surface area (Å²) in [6.45, 7) is 12.5. The summed E-state index contributed by atoms with van der Waals surface area (Å²) in [5.41, 5.74) is -0.178. The average Bonchev–Trinajstić information content (AvgIpc) is 2.15. The molecule has 0 saturated carbocycles. The molecule has 0 spiro atoms. The fraction of sp³-hybridized carbons (Fsp3) is 0.400. The Balaban J connectivity index is -0.000000110. The number of aromatic carboxylic acids is 1. The summed E-state index contributed by atoms with van der Waals surface area (Å²) in [4.78, 5) is 10.2. The van der Waals surface area contributed by atoms with Crippen molar-refractivity contribution in [2.75, 3.05) is 0 Å². The van der Waals surface area contributed by atoms with Gasteiger partial charge in [-0.2, -0.15) is 41.5 Å². The van der Waals surface area contributed by atoms with Gasteiger partial charge < -0.3 is 40.2 Å². The van der Waals surface area contributed by atoms with Gasteiger partial charge in [-0.15, -0.1) is 5.56 Å². The number of rotatable bonds is 1. The molecule has 0 amide bonds. The fourth-order valence-electron chi connectivity index (χ4n) is 0.544. The van der Waals surface area contributed by atoms with Crippen molar-refractivity contribution in [2.45, 2.75) is 41.5 Å². The molecule has 0 fully saturated rings. The molecule has 0 aliphatic rings. The maximum atomic E-state index is 10.2. The van der Waals surface area contributed by atoms with Crippen molar-refractivity contribution < 1.29 is 54.0 Å². The Bertz CT molecular complexity index is 328. The van der Waals surface area contributed by atoms with Crippen molar-refractivity contribution in [3.8, 4) is 5.75 Å². The zero-order valence-electron chi connectivity index (χ0n) is 13.4. The number of phenols is 1. The second-order valence-corrected chi connectivity index (χ2v) is 4.67. The van der Waals surface area contributed by atoms with Gasteiger partial charge in [0.25, 0.3) is 0 Å². The minimum Gasteiger partial charge on any atom is -0.557 e. The summed E-state index contributed by atoms with van der Waals surface area (Å²) in [6.07, 6.45) is 0. The Morgan fingerprint density at radius 2 is 1.40 bits per heavy atom. The van der Waals surface area contributed by atoms with E-state index in [-0.39, 0.29) is 50.3 Å². The fourth-order valence-corrected chi connectivity index (χ4v) is 0.544. The Labute approximate surface area is 148 Å². The van der Waals surface area contributed by atoms with Crippen LogP contribution in [0.5, 0.6) is 5.75 Å². The van der Waals surface area contributed by atoms with Crippen LogP contribution in [-0.2, 0) is 39.0 Å². The molecule has 104 valence electrons. The van der Waals surface area contributed by atoms with E-state index in [0.717, 1.165) is 0 Å². The van der Waals surface area contributed by atoms with Gasteiger partial charge in [0.15, 0.2) is 0 Å². The van der Waals surface area contributed by atoms with Gasteiger partial charge in [-0.1, -0.05) is 5.75 Å². The van der Waals surface area contributed by atoms with E-state index in [1.165, 1.54) is 24.0 Å². The summed E-state index contributed by atoms with van der Waals surface area (Å²) in [5.74, 6) is 1.30. The maximum absolute atomic E-state index is 10.2. The summed E-state index contributed by atoms with van der Waals surface area (Å²) >= 11 is 0. The van der Waals surface area contributed by atoms with E-state index < -0.39 is 5.97 Å². The van der Waals surface area contributed by atoms with Crippen LogP contribution in [0.4, 0.5) is 0 Å². The molecule has 20 heavy (non-hydrogen) atoms. The molecule has 0 aliphatic heterocycles. The standard InChI is InChI=1S/C7H4O3.2C4H9.2Zn/c8-6-4-2-1-3-5(6)7(9)10;2*1-4(2)3;;/h2-3,8H,(H,9,10);2*1-3H3;;/q-2;2*-1;2*+2. The first-order valence-electron chi connectivity index (χ1n) is 5.56. The summed E-state index contributed by atoms with van der Waals surface area (Å²) in [7, 11) is 0. The normalized spacial score (nSPS) is 8.20. The van der Waals surface area contributed by atoms with Crippen LogP contribution in [0, 0.1) is 24.0 Å². The van der Waals surface area contributed by atoms with E-state index in [1.807, 2.05) is 0 Å². The molecule has 0 saturated heterocycles. The minimum absolute atomic E-state index is 0.